The SMILES string of the molecule is CCCCN(CCCC)c1nc(C)c(C=C2C(=O)ON=C2C)s1. The molecule has 126 valence electrons. The van der Waals surface area contributed by atoms with Gasteiger partial charge in [0.2, 0.25) is 0 Å². The van der Waals surface area contributed by atoms with E-state index in [1.54, 1.807) is 18.3 Å². The van der Waals surface area contributed by atoms with Crippen molar-refractivity contribution >= 4 is 34.2 Å². The largest absolute Gasteiger partial charge is 0.367 e. The van der Waals surface area contributed by atoms with Gasteiger partial charge in [0.1, 0.15) is 0 Å². The number of hydrogen-bond acceptors (Lipinski definition) is 6. The molecule has 0 fully saturated rings. The quantitative estimate of drug-likeness (QED) is 0.528. The van der Waals surface area contributed by atoms with Gasteiger partial charge in [0.25, 0.3) is 0 Å². The van der Waals surface area contributed by atoms with Crippen molar-refractivity contribution in [1.29, 1.82) is 0 Å². The third kappa shape index (κ3) is 4.41. The zero-order valence-corrected chi connectivity index (χ0v) is 15.2. The summed E-state index contributed by atoms with van der Waals surface area (Å²) < 4.78 is 0. The van der Waals surface area contributed by atoms with E-state index in [4.69, 9.17) is 9.82 Å². The Kier molecular flexibility index (Phi) is 6.33. The number of hydrogen-bond donors (Lipinski definition) is 0. The van der Waals surface area contributed by atoms with Crippen LogP contribution < -0.4 is 4.90 Å². The Hall–Kier alpha value is -1.69. The normalized spacial score (nSPS) is 15.9. The zero-order valence-electron chi connectivity index (χ0n) is 14.4. The maximum atomic E-state index is 11.7. The molecule has 0 bridgehead atoms. The van der Waals surface area contributed by atoms with Crippen molar-refractivity contribution in [2.45, 2.75) is 53.4 Å². The number of nitrogens with zero attached hydrogens (tertiary/aromatic N) is 3. The molecular weight excluding hydrogens is 310 g/mol. The Bertz CT molecular complexity index is 611. The third-order valence-corrected chi connectivity index (χ3v) is 4.97. The molecule has 5 nitrogen and oxygen atoms in total. The van der Waals surface area contributed by atoms with Crippen LogP contribution in [0.3, 0.4) is 0 Å². The summed E-state index contributed by atoms with van der Waals surface area (Å²) in [6.07, 6.45) is 6.52. The summed E-state index contributed by atoms with van der Waals surface area (Å²) in [5, 5.41) is 4.76. The van der Waals surface area contributed by atoms with E-state index in [0.717, 1.165) is 41.6 Å². The fourth-order valence-electron chi connectivity index (χ4n) is 2.31. The maximum absolute atomic E-state index is 11.7. The number of aromatic nitrogens is 1. The van der Waals surface area contributed by atoms with Gasteiger partial charge in [-0.25, -0.2) is 9.78 Å². The molecule has 2 rings (SSSR count). The molecular formula is C17H25N3O2S. The molecule has 0 unspecified atom stereocenters. The van der Waals surface area contributed by atoms with Gasteiger partial charge in [-0.1, -0.05) is 43.2 Å². The average Bonchev–Trinajstić information content (AvgIpc) is 3.05. The van der Waals surface area contributed by atoms with Crippen LogP contribution in [0.2, 0.25) is 0 Å². The molecule has 1 aromatic heterocycles. The van der Waals surface area contributed by atoms with E-state index >= 15 is 0 Å². The van der Waals surface area contributed by atoms with Gasteiger partial charge in [0.05, 0.1) is 21.9 Å². The summed E-state index contributed by atoms with van der Waals surface area (Å²) in [7, 11) is 0. The van der Waals surface area contributed by atoms with Gasteiger partial charge < -0.3 is 9.74 Å². The van der Waals surface area contributed by atoms with Crippen molar-refractivity contribution < 1.29 is 9.63 Å². The lowest BCUT2D eigenvalue weighted by Crippen LogP contribution is -2.25. The van der Waals surface area contributed by atoms with Crippen LogP contribution in [0.5, 0.6) is 0 Å². The molecule has 0 radical (unpaired) electrons. The van der Waals surface area contributed by atoms with Crippen LogP contribution in [-0.4, -0.2) is 29.8 Å². The number of aryl methyl sites for hydroxylation is 1. The van der Waals surface area contributed by atoms with Crippen LogP contribution in [-0.2, 0) is 9.63 Å². The smallest absolute Gasteiger partial charge is 0.348 e. The average molecular weight is 335 g/mol. The summed E-state index contributed by atoms with van der Waals surface area (Å²) in [5.74, 6) is -0.384. The van der Waals surface area contributed by atoms with Gasteiger partial charge in [0.15, 0.2) is 5.13 Å². The summed E-state index contributed by atoms with van der Waals surface area (Å²) in [5.41, 5.74) is 2.10. The second-order valence-electron chi connectivity index (χ2n) is 5.75. The Morgan fingerprint density at radius 3 is 2.35 bits per heavy atom. The first-order valence-electron chi connectivity index (χ1n) is 8.27. The topological polar surface area (TPSA) is 54.8 Å². The van der Waals surface area contributed by atoms with E-state index in [2.05, 4.69) is 23.9 Å². The third-order valence-electron chi connectivity index (χ3n) is 3.81. The highest BCUT2D eigenvalue weighted by atomic mass is 32.1. The van der Waals surface area contributed by atoms with E-state index in [9.17, 15) is 4.79 Å². The molecule has 0 atom stereocenters. The molecule has 0 N–H and O–H groups in total. The molecule has 0 amide bonds. The van der Waals surface area contributed by atoms with Crippen molar-refractivity contribution in [3.05, 3.63) is 16.1 Å². The standard InChI is InChI=1S/C17H25N3O2S/c1-5-7-9-20(10-8-6-2)17-18-13(4)15(23-17)11-14-12(3)19-22-16(14)21/h11H,5-10H2,1-4H3. The first kappa shape index (κ1) is 17.7. The van der Waals surface area contributed by atoms with E-state index in [-0.39, 0.29) is 5.97 Å². The predicted octanol–water partition coefficient (Wildman–Crippen LogP) is 4.17. The molecule has 2 heterocycles. The number of rotatable bonds is 8. The van der Waals surface area contributed by atoms with Crippen LogP contribution >= 0.6 is 11.3 Å². The van der Waals surface area contributed by atoms with Gasteiger partial charge in [-0.3, -0.25) is 0 Å². The lowest BCUT2D eigenvalue weighted by molar-refractivity contribution is -0.136. The number of carbonyl (C=O) groups is 1. The number of thiazole rings is 1. The summed E-state index contributed by atoms with van der Waals surface area (Å²) >= 11 is 1.64. The van der Waals surface area contributed by atoms with Gasteiger partial charge in [-0.2, -0.15) is 0 Å². The molecule has 0 spiro atoms. The van der Waals surface area contributed by atoms with Crippen LogP contribution in [0, 0.1) is 6.92 Å². The second-order valence-corrected chi connectivity index (χ2v) is 6.76. The maximum Gasteiger partial charge on any atom is 0.367 e. The van der Waals surface area contributed by atoms with Crippen molar-refractivity contribution in [3.63, 3.8) is 0 Å². The highest BCUT2D eigenvalue weighted by molar-refractivity contribution is 7.16. The monoisotopic (exact) mass is 335 g/mol. The van der Waals surface area contributed by atoms with Gasteiger partial charge in [-0.15, -0.1) is 0 Å². The Balaban J connectivity index is 2.22. The van der Waals surface area contributed by atoms with E-state index in [1.807, 2.05) is 13.0 Å². The molecule has 23 heavy (non-hydrogen) atoms. The fraction of sp³-hybridized carbons (Fsp3) is 0.588. The zero-order chi connectivity index (χ0) is 16.8. The second kappa shape index (κ2) is 8.24. The molecule has 0 aliphatic carbocycles. The van der Waals surface area contributed by atoms with Gasteiger partial charge in [0, 0.05) is 13.1 Å². The number of unbranched alkanes of at least 4 members (excludes halogenated alkanes) is 2. The van der Waals surface area contributed by atoms with Crippen molar-refractivity contribution in [2.24, 2.45) is 5.16 Å². The predicted molar refractivity (Wildman–Crippen MR) is 96.1 cm³/mol. The minimum Gasteiger partial charge on any atom is -0.348 e. The van der Waals surface area contributed by atoms with Gasteiger partial charge >= 0.3 is 5.97 Å². The first-order chi connectivity index (χ1) is 11.1. The Labute approximate surface area is 142 Å². The van der Waals surface area contributed by atoms with Crippen molar-refractivity contribution in [1.82, 2.24) is 4.98 Å². The van der Waals surface area contributed by atoms with Crippen molar-refractivity contribution in [2.75, 3.05) is 18.0 Å². The molecule has 0 aromatic carbocycles. The number of carbonyl (C=O) groups excluding carboxylic acids is 1. The van der Waals surface area contributed by atoms with E-state index in [1.165, 1.54) is 12.8 Å². The lowest BCUT2D eigenvalue weighted by Gasteiger charge is -2.21. The van der Waals surface area contributed by atoms with Gasteiger partial charge in [-0.05, 0) is 32.8 Å². The first-order valence-corrected chi connectivity index (χ1v) is 9.08. The van der Waals surface area contributed by atoms with Crippen LogP contribution in [0.15, 0.2) is 10.7 Å². The highest BCUT2D eigenvalue weighted by Crippen LogP contribution is 2.29. The minimum absolute atomic E-state index is 0.384. The van der Waals surface area contributed by atoms with Crippen molar-refractivity contribution in [3.8, 4) is 0 Å². The molecule has 6 heteroatoms. The Morgan fingerprint density at radius 1 is 1.17 bits per heavy atom. The summed E-state index contributed by atoms with van der Waals surface area (Å²) in [6.45, 7) is 10.2. The van der Waals surface area contributed by atoms with Crippen LogP contribution in [0.1, 0.15) is 57.0 Å². The highest BCUT2D eigenvalue weighted by Gasteiger charge is 2.23. The molecule has 0 saturated carbocycles. The molecule has 0 saturated heterocycles. The Morgan fingerprint density at radius 2 is 1.83 bits per heavy atom. The minimum atomic E-state index is -0.384. The van der Waals surface area contributed by atoms with E-state index < -0.39 is 0 Å². The molecule has 1 aliphatic rings. The molecule has 1 aromatic rings. The van der Waals surface area contributed by atoms with Crippen LogP contribution in [0.25, 0.3) is 6.08 Å². The number of oxime groups is 1. The molecule has 1 aliphatic heterocycles. The fourth-order valence-corrected chi connectivity index (χ4v) is 3.38. The van der Waals surface area contributed by atoms with E-state index in [0.29, 0.717) is 11.3 Å². The summed E-state index contributed by atoms with van der Waals surface area (Å²) in [4.78, 5) is 24.5. The lowest BCUT2D eigenvalue weighted by atomic mass is 10.1. The summed E-state index contributed by atoms with van der Waals surface area (Å²) in [6, 6.07) is 0. The van der Waals surface area contributed by atoms with Crippen LogP contribution in [0.4, 0.5) is 5.13 Å². The number of anilines is 1.